The number of ether oxygens (including phenoxy) is 1. The fourth-order valence-electron chi connectivity index (χ4n) is 3.76. The number of benzene rings is 1. The molecule has 0 saturated heterocycles. The Hall–Kier alpha value is -2.21. The maximum Gasteiger partial charge on any atom is 0.412 e. The molecule has 5 nitrogen and oxygen atoms in total. The Balaban J connectivity index is 1.83. The lowest BCUT2D eigenvalue weighted by molar-refractivity contribution is 0.144. The molecule has 1 N–H and O–H groups in total. The van der Waals surface area contributed by atoms with Gasteiger partial charge in [-0.15, -0.1) is 11.8 Å². The van der Waals surface area contributed by atoms with Crippen molar-refractivity contribution in [1.29, 1.82) is 0 Å². The van der Waals surface area contributed by atoms with Gasteiger partial charge in [0, 0.05) is 5.75 Å². The first-order valence-corrected chi connectivity index (χ1v) is 10.2. The van der Waals surface area contributed by atoms with Crippen molar-refractivity contribution in [3.05, 3.63) is 58.4 Å². The first-order chi connectivity index (χ1) is 12.9. The minimum absolute atomic E-state index is 0.163. The van der Waals surface area contributed by atoms with Gasteiger partial charge in [0.1, 0.15) is 12.3 Å². The molecule has 1 amide bonds. The van der Waals surface area contributed by atoms with Crippen LogP contribution in [0.4, 0.5) is 10.5 Å². The molecule has 2 heterocycles. The molecule has 0 aliphatic carbocycles. The van der Waals surface area contributed by atoms with Gasteiger partial charge in [-0.2, -0.15) is 0 Å². The molecule has 1 aliphatic rings. The van der Waals surface area contributed by atoms with Crippen LogP contribution in [0.5, 0.6) is 0 Å². The predicted octanol–water partition coefficient (Wildman–Crippen LogP) is 4.71. The lowest BCUT2D eigenvalue weighted by Crippen LogP contribution is -2.49. The highest BCUT2D eigenvalue weighted by Crippen LogP contribution is 2.45. The number of aromatic nitrogens is 1. The number of pyridine rings is 1. The summed E-state index contributed by atoms with van der Waals surface area (Å²) >= 11 is 1.70. The van der Waals surface area contributed by atoms with E-state index in [0.29, 0.717) is 11.8 Å². The van der Waals surface area contributed by atoms with Crippen LogP contribution in [0.3, 0.4) is 0 Å². The Morgan fingerprint density at radius 3 is 2.44 bits per heavy atom. The highest BCUT2D eigenvalue weighted by molar-refractivity contribution is 7.99. The first-order valence-electron chi connectivity index (χ1n) is 9.23. The number of anilines is 1. The number of hydrogen-bond acceptors (Lipinski definition) is 4. The van der Waals surface area contributed by atoms with Crippen molar-refractivity contribution in [2.24, 2.45) is 11.8 Å². The Morgan fingerprint density at radius 1 is 1.15 bits per heavy atom. The van der Waals surface area contributed by atoms with E-state index < -0.39 is 6.09 Å². The average molecular weight is 387 g/mol. The highest BCUT2D eigenvalue weighted by atomic mass is 32.2. The van der Waals surface area contributed by atoms with Crippen LogP contribution in [0.15, 0.2) is 52.3 Å². The minimum Gasteiger partial charge on any atom is -0.444 e. The van der Waals surface area contributed by atoms with E-state index in [1.54, 1.807) is 17.8 Å². The molecule has 2 aromatic rings. The maximum atomic E-state index is 13.2. The zero-order valence-electron chi connectivity index (χ0n) is 16.2. The molecule has 6 heteroatoms. The van der Waals surface area contributed by atoms with Gasteiger partial charge in [-0.3, -0.25) is 14.7 Å². The molecule has 0 radical (unpaired) electrons. The lowest BCUT2D eigenvalue weighted by atomic mass is 9.78. The van der Waals surface area contributed by atoms with Gasteiger partial charge in [0.15, 0.2) is 0 Å². The summed E-state index contributed by atoms with van der Waals surface area (Å²) in [7, 11) is 0. The van der Waals surface area contributed by atoms with Crippen molar-refractivity contribution in [2.45, 2.75) is 44.9 Å². The largest absolute Gasteiger partial charge is 0.444 e. The Kier molecular flexibility index (Phi) is 5.65. The first kappa shape index (κ1) is 19.5. The monoisotopic (exact) mass is 386 g/mol. The van der Waals surface area contributed by atoms with E-state index in [0.717, 1.165) is 16.3 Å². The van der Waals surface area contributed by atoms with E-state index in [-0.39, 0.29) is 23.4 Å². The summed E-state index contributed by atoms with van der Waals surface area (Å²) in [6, 6.07) is 13.0. The van der Waals surface area contributed by atoms with Crippen LogP contribution < -0.4 is 10.9 Å². The third kappa shape index (κ3) is 3.63. The Bertz CT molecular complexity index is 867. The molecule has 1 aromatic carbocycles. The topological polar surface area (TPSA) is 60.3 Å². The number of hydrogen-bond donors (Lipinski definition) is 1. The summed E-state index contributed by atoms with van der Waals surface area (Å²) in [4.78, 5) is 25.4. The molecule has 1 aromatic heterocycles. The van der Waals surface area contributed by atoms with Crippen molar-refractivity contribution in [3.63, 3.8) is 0 Å². The van der Waals surface area contributed by atoms with Gasteiger partial charge in [-0.25, -0.2) is 4.79 Å². The zero-order chi connectivity index (χ0) is 19.6. The minimum atomic E-state index is -0.623. The van der Waals surface area contributed by atoms with E-state index in [1.165, 1.54) is 0 Å². The third-order valence-corrected chi connectivity index (χ3v) is 6.58. The predicted molar refractivity (Wildman–Crippen MR) is 109 cm³/mol. The van der Waals surface area contributed by atoms with E-state index in [9.17, 15) is 9.59 Å². The van der Waals surface area contributed by atoms with Crippen molar-refractivity contribution < 1.29 is 9.53 Å². The normalized spacial score (nSPS) is 15.0. The fourth-order valence-corrected chi connectivity index (χ4v) is 5.48. The van der Waals surface area contributed by atoms with Gasteiger partial charge < -0.3 is 4.74 Å². The number of rotatable bonds is 5. The van der Waals surface area contributed by atoms with Gasteiger partial charge in [0.05, 0.1) is 10.6 Å². The van der Waals surface area contributed by atoms with Crippen LogP contribution in [0, 0.1) is 11.8 Å². The SMILES string of the molecule is CC(C)C1(C(C)C)CSc2ccc(NC(=O)OCc3ccccc3)c(=O)n21. The van der Waals surface area contributed by atoms with Crippen LogP contribution in [0.25, 0.3) is 0 Å². The molecule has 144 valence electrons. The maximum absolute atomic E-state index is 13.2. The molecule has 0 fully saturated rings. The van der Waals surface area contributed by atoms with E-state index in [4.69, 9.17) is 4.74 Å². The van der Waals surface area contributed by atoms with Crippen molar-refractivity contribution >= 4 is 23.5 Å². The van der Waals surface area contributed by atoms with Crippen LogP contribution in [0.1, 0.15) is 33.3 Å². The number of carbonyl (C=O) groups is 1. The van der Waals surface area contributed by atoms with E-state index >= 15 is 0 Å². The molecule has 0 saturated carbocycles. The van der Waals surface area contributed by atoms with Gasteiger partial charge >= 0.3 is 6.09 Å². The summed E-state index contributed by atoms with van der Waals surface area (Å²) in [5.74, 6) is 1.45. The molecule has 0 bridgehead atoms. The summed E-state index contributed by atoms with van der Waals surface area (Å²) in [5, 5.41) is 3.57. The van der Waals surface area contributed by atoms with Crippen LogP contribution in [-0.2, 0) is 16.9 Å². The molecule has 0 spiro atoms. The summed E-state index contributed by atoms with van der Waals surface area (Å²) in [6.07, 6.45) is -0.623. The number of amides is 1. The van der Waals surface area contributed by atoms with Gasteiger partial charge in [0.25, 0.3) is 5.56 Å². The number of nitrogens with zero attached hydrogens (tertiary/aromatic N) is 1. The van der Waals surface area contributed by atoms with Gasteiger partial charge in [0.2, 0.25) is 0 Å². The van der Waals surface area contributed by atoms with Crippen LogP contribution >= 0.6 is 11.8 Å². The van der Waals surface area contributed by atoms with Gasteiger partial charge in [-0.1, -0.05) is 58.0 Å². The van der Waals surface area contributed by atoms with E-state index in [1.807, 2.05) is 41.0 Å². The zero-order valence-corrected chi connectivity index (χ0v) is 17.0. The van der Waals surface area contributed by atoms with Crippen molar-refractivity contribution in [3.8, 4) is 0 Å². The molecule has 27 heavy (non-hydrogen) atoms. The summed E-state index contributed by atoms with van der Waals surface area (Å²) < 4.78 is 7.12. The number of thioether (sulfide) groups is 1. The molecule has 3 rings (SSSR count). The lowest BCUT2D eigenvalue weighted by Gasteiger charge is -2.39. The molecule has 0 unspecified atom stereocenters. The second-order valence-corrected chi connectivity index (χ2v) is 8.50. The quantitative estimate of drug-likeness (QED) is 0.808. The van der Waals surface area contributed by atoms with Crippen LogP contribution in [-0.4, -0.2) is 16.4 Å². The standard InChI is InChI=1S/C21H26N2O3S/c1-14(2)21(15(3)4)13-27-18-11-10-17(19(24)23(18)21)22-20(25)26-12-16-8-6-5-7-9-16/h5-11,14-15H,12-13H2,1-4H3,(H,22,25). The highest BCUT2D eigenvalue weighted by Gasteiger charge is 2.45. The Labute approximate surface area is 164 Å². The average Bonchev–Trinajstić information content (AvgIpc) is 3.05. The number of carbonyl (C=O) groups excluding carboxylic acids is 1. The molecule has 1 aliphatic heterocycles. The molecular weight excluding hydrogens is 360 g/mol. The van der Waals surface area contributed by atoms with E-state index in [2.05, 4.69) is 33.0 Å². The number of fused-ring (bicyclic) bond motifs is 1. The molecular formula is C21H26N2O3S. The summed E-state index contributed by atoms with van der Waals surface area (Å²) in [5.41, 5.74) is 0.720. The van der Waals surface area contributed by atoms with Crippen molar-refractivity contribution in [2.75, 3.05) is 11.1 Å². The smallest absolute Gasteiger partial charge is 0.412 e. The summed E-state index contributed by atoms with van der Waals surface area (Å²) in [6.45, 7) is 8.76. The van der Waals surface area contributed by atoms with Crippen molar-refractivity contribution in [1.82, 2.24) is 4.57 Å². The fraction of sp³-hybridized carbons (Fsp3) is 0.429. The second kappa shape index (κ2) is 7.80. The van der Waals surface area contributed by atoms with Gasteiger partial charge in [-0.05, 0) is 29.5 Å². The number of nitrogens with one attached hydrogen (secondary N) is 1. The second-order valence-electron chi connectivity index (χ2n) is 7.50. The Morgan fingerprint density at radius 2 is 1.81 bits per heavy atom. The third-order valence-electron chi connectivity index (χ3n) is 5.36. The molecule has 0 atom stereocenters. The van der Waals surface area contributed by atoms with Crippen LogP contribution in [0.2, 0.25) is 0 Å².